The normalized spacial score (nSPS) is 10.6. The van der Waals surface area contributed by atoms with Gasteiger partial charge in [-0.25, -0.2) is 0 Å². The van der Waals surface area contributed by atoms with E-state index in [1.807, 2.05) is 0 Å². The van der Waals surface area contributed by atoms with Crippen molar-refractivity contribution in [2.75, 3.05) is 6.54 Å². The number of hydrogen-bond acceptors (Lipinski definition) is 1. The molecule has 100 valence electrons. The Morgan fingerprint density at radius 2 is 1.58 bits per heavy atom. The first kappa shape index (κ1) is 14.3. The number of hydrogen-bond donors (Lipinski definition) is 1. The predicted molar refractivity (Wildman–Crippen MR) is 85.2 cm³/mol. The number of benzene rings is 2. The van der Waals surface area contributed by atoms with Crippen LogP contribution in [0.5, 0.6) is 0 Å². The van der Waals surface area contributed by atoms with Gasteiger partial charge < -0.3 is 5.32 Å². The van der Waals surface area contributed by atoms with E-state index in [-0.39, 0.29) is 0 Å². The highest BCUT2D eigenvalue weighted by atomic mass is 79.9. The van der Waals surface area contributed by atoms with E-state index in [1.165, 1.54) is 28.4 Å². The summed E-state index contributed by atoms with van der Waals surface area (Å²) in [5, 5.41) is 3.49. The lowest BCUT2D eigenvalue weighted by atomic mass is 10.1. The second-order valence-electron chi connectivity index (χ2n) is 4.71. The molecule has 0 spiro atoms. The van der Waals surface area contributed by atoms with Crippen LogP contribution in [-0.4, -0.2) is 6.54 Å². The Bertz CT molecular complexity index is 482. The maximum atomic E-state index is 3.59. The van der Waals surface area contributed by atoms with E-state index in [0.29, 0.717) is 0 Å². The molecule has 0 radical (unpaired) electrons. The SMILES string of the molecule is Brc1ccccc1CCCCNCc1ccccc1. The molecule has 0 amide bonds. The molecule has 1 nitrogen and oxygen atoms in total. The molecule has 2 aromatic carbocycles. The average molecular weight is 318 g/mol. The molecular weight excluding hydrogens is 298 g/mol. The molecule has 0 aromatic heterocycles. The molecule has 19 heavy (non-hydrogen) atoms. The van der Waals surface area contributed by atoms with Crippen molar-refractivity contribution in [2.45, 2.75) is 25.8 Å². The first-order valence-corrected chi connectivity index (χ1v) is 7.63. The van der Waals surface area contributed by atoms with Crippen LogP contribution in [0, 0.1) is 0 Å². The molecule has 2 heteroatoms. The Morgan fingerprint density at radius 3 is 2.37 bits per heavy atom. The van der Waals surface area contributed by atoms with Gasteiger partial charge in [0.1, 0.15) is 0 Å². The van der Waals surface area contributed by atoms with Crippen molar-refractivity contribution in [2.24, 2.45) is 0 Å². The van der Waals surface area contributed by atoms with Gasteiger partial charge in [-0.05, 0) is 43.0 Å². The van der Waals surface area contributed by atoms with Gasteiger partial charge in [0, 0.05) is 11.0 Å². The lowest BCUT2D eigenvalue weighted by molar-refractivity contribution is 0.622. The summed E-state index contributed by atoms with van der Waals surface area (Å²) in [4.78, 5) is 0. The van der Waals surface area contributed by atoms with Crippen molar-refractivity contribution >= 4 is 15.9 Å². The quantitative estimate of drug-likeness (QED) is 0.738. The van der Waals surface area contributed by atoms with Gasteiger partial charge in [0.2, 0.25) is 0 Å². The van der Waals surface area contributed by atoms with Crippen molar-refractivity contribution in [3.05, 3.63) is 70.2 Å². The van der Waals surface area contributed by atoms with Crippen LogP contribution in [0.15, 0.2) is 59.1 Å². The molecule has 1 N–H and O–H groups in total. The van der Waals surface area contributed by atoms with Gasteiger partial charge in [0.25, 0.3) is 0 Å². The summed E-state index contributed by atoms with van der Waals surface area (Å²) in [5.41, 5.74) is 2.76. The van der Waals surface area contributed by atoms with Crippen LogP contribution in [0.1, 0.15) is 24.0 Å². The van der Waals surface area contributed by atoms with Crippen LogP contribution in [0.3, 0.4) is 0 Å². The molecule has 0 aliphatic carbocycles. The minimum Gasteiger partial charge on any atom is -0.313 e. The number of nitrogens with one attached hydrogen (secondary N) is 1. The third kappa shape index (κ3) is 5.17. The van der Waals surface area contributed by atoms with E-state index in [0.717, 1.165) is 19.5 Å². The fourth-order valence-electron chi connectivity index (χ4n) is 2.10. The monoisotopic (exact) mass is 317 g/mol. The van der Waals surface area contributed by atoms with Gasteiger partial charge >= 0.3 is 0 Å². The van der Waals surface area contributed by atoms with Crippen LogP contribution in [0.4, 0.5) is 0 Å². The topological polar surface area (TPSA) is 12.0 Å². The van der Waals surface area contributed by atoms with E-state index < -0.39 is 0 Å². The second kappa shape index (κ2) is 8.13. The first-order valence-electron chi connectivity index (χ1n) is 6.84. The zero-order valence-corrected chi connectivity index (χ0v) is 12.7. The van der Waals surface area contributed by atoms with Crippen molar-refractivity contribution in [1.29, 1.82) is 0 Å². The molecule has 0 saturated carbocycles. The van der Waals surface area contributed by atoms with Gasteiger partial charge in [-0.3, -0.25) is 0 Å². The zero-order chi connectivity index (χ0) is 13.3. The molecule has 0 aliphatic rings. The van der Waals surface area contributed by atoms with Crippen molar-refractivity contribution in [3.63, 3.8) is 0 Å². The summed E-state index contributed by atoms with van der Waals surface area (Å²) >= 11 is 3.59. The maximum Gasteiger partial charge on any atom is 0.0207 e. The number of unbranched alkanes of at least 4 members (excludes halogenated alkanes) is 1. The Labute approximate surface area is 124 Å². The first-order chi connectivity index (χ1) is 9.36. The summed E-state index contributed by atoms with van der Waals surface area (Å²) in [6, 6.07) is 19.0. The molecule has 2 rings (SSSR count). The summed E-state index contributed by atoms with van der Waals surface area (Å²) in [6.07, 6.45) is 3.59. The molecule has 0 bridgehead atoms. The highest BCUT2D eigenvalue weighted by Gasteiger charge is 1.98. The van der Waals surface area contributed by atoms with Crippen LogP contribution in [-0.2, 0) is 13.0 Å². The largest absolute Gasteiger partial charge is 0.313 e. The smallest absolute Gasteiger partial charge is 0.0207 e. The molecule has 0 unspecified atom stereocenters. The second-order valence-corrected chi connectivity index (χ2v) is 5.57. The highest BCUT2D eigenvalue weighted by Crippen LogP contribution is 2.17. The molecule has 0 saturated heterocycles. The van der Waals surface area contributed by atoms with Crippen LogP contribution in [0.2, 0.25) is 0 Å². The lowest BCUT2D eigenvalue weighted by Crippen LogP contribution is -2.14. The average Bonchev–Trinajstić information content (AvgIpc) is 2.45. The third-order valence-electron chi connectivity index (χ3n) is 3.18. The number of rotatable bonds is 7. The number of aryl methyl sites for hydroxylation is 1. The molecule has 0 fully saturated rings. The molecule has 2 aromatic rings. The Kier molecular flexibility index (Phi) is 6.12. The third-order valence-corrected chi connectivity index (χ3v) is 3.95. The minimum absolute atomic E-state index is 0.968. The van der Waals surface area contributed by atoms with Crippen molar-refractivity contribution in [1.82, 2.24) is 5.32 Å². The van der Waals surface area contributed by atoms with Crippen LogP contribution < -0.4 is 5.32 Å². The Morgan fingerprint density at radius 1 is 0.842 bits per heavy atom. The van der Waals surface area contributed by atoms with E-state index in [4.69, 9.17) is 0 Å². The Hall–Kier alpha value is -1.12. The van der Waals surface area contributed by atoms with Gasteiger partial charge in [0.15, 0.2) is 0 Å². The fourth-order valence-corrected chi connectivity index (χ4v) is 2.58. The molecule has 0 heterocycles. The zero-order valence-electron chi connectivity index (χ0n) is 11.1. The van der Waals surface area contributed by atoms with E-state index >= 15 is 0 Å². The predicted octanol–water partition coefficient (Wildman–Crippen LogP) is 4.56. The molecule has 0 aliphatic heterocycles. The van der Waals surface area contributed by atoms with Crippen LogP contribution in [0.25, 0.3) is 0 Å². The van der Waals surface area contributed by atoms with Crippen molar-refractivity contribution < 1.29 is 0 Å². The van der Waals surface area contributed by atoms with Crippen LogP contribution >= 0.6 is 15.9 Å². The maximum absolute atomic E-state index is 3.59. The fraction of sp³-hybridized carbons (Fsp3) is 0.294. The van der Waals surface area contributed by atoms with Gasteiger partial charge in [0.05, 0.1) is 0 Å². The lowest BCUT2D eigenvalue weighted by Gasteiger charge is -2.06. The van der Waals surface area contributed by atoms with Gasteiger partial charge in [-0.15, -0.1) is 0 Å². The summed E-state index contributed by atoms with van der Waals surface area (Å²) in [6.45, 7) is 2.05. The van der Waals surface area contributed by atoms with E-state index in [2.05, 4.69) is 75.8 Å². The van der Waals surface area contributed by atoms with E-state index in [9.17, 15) is 0 Å². The summed E-state index contributed by atoms with van der Waals surface area (Å²) < 4.78 is 1.23. The van der Waals surface area contributed by atoms with E-state index in [1.54, 1.807) is 0 Å². The minimum atomic E-state index is 0.968. The van der Waals surface area contributed by atoms with Gasteiger partial charge in [-0.1, -0.05) is 64.5 Å². The molecule has 0 atom stereocenters. The molecular formula is C17H20BrN. The summed E-state index contributed by atoms with van der Waals surface area (Å²) in [5.74, 6) is 0. The number of halogens is 1. The van der Waals surface area contributed by atoms with Gasteiger partial charge in [-0.2, -0.15) is 0 Å². The Balaban J connectivity index is 1.59. The summed E-state index contributed by atoms with van der Waals surface area (Å²) in [7, 11) is 0. The standard InChI is InChI=1S/C17H20BrN/c18-17-12-5-4-10-16(17)11-6-7-13-19-14-15-8-2-1-3-9-15/h1-5,8-10,12,19H,6-7,11,13-14H2. The highest BCUT2D eigenvalue weighted by molar-refractivity contribution is 9.10. The van der Waals surface area contributed by atoms with Crippen molar-refractivity contribution in [3.8, 4) is 0 Å².